The summed E-state index contributed by atoms with van der Waals surface area (Å²) in [7, 11) is 0. The largest absolute Gasteiger partial charge is 0.507 e. The Kier molecular flexibility index (Phi) is 6.50. The second-order valence-corrected chi connectivity index (χ2v) is 8.28. The lowest BCUT2D eigenvalue weighted by Gasteiger charge is -2.29. The average Bonchev–Trinajstić information content (AvgIpc) is 3.19. The quantitative estimate of drug-likeness (QED) is 0.437. The predicted molar refractivity (Wildman–Crippen MR) is 124 cm³/mol. The zero-order valence-corrected chi connectivity index (χ0v) is 18.7. The molecule has 1 fully saturated rings. The molecule has 0 saturated carbocycles. The highest BCUT2D eigenvalue weighted by atomic mass is 19.1. The van der Waals surface area contributed by atoms with E-state index >= 15 is 0 Å². The van der Waals surface area contributed by atoms with Gasteiger partial charge in [0.25, 0.3) is 5.91 Å². The summed E-state index contributed by atoms with van der Waals surface area (Å²) in [6.45, 7) is 6.52. The first-order valence-corrected chi connectivity index (χ1v) is 10.8. The Balaban J connectivity index is 1.51. The van der Waals surface area contributed by atoms with E-state index in [4.69, 9.17) is 10.5 Å². The van der Waals surface area contributed by atoms with Gasteiger partial charge in [-0.15, -0.1) is 0 Å². The van der Waals surface area contributed by atoms with Gasteiger partial charge in [-0.25, -0.2) is 4.39 Å². The summed E-state index contributed by atoms with van der Waals surface area (Å²) in [5, 5.41) is 20.2. The second kappa shape index (κ2) is 9.50. The Morgan fingerprint density at radius 1 is 1.21 bits per heavy atom. The molecule has 2 heterocycles. The molecule has 3 aromatic rings. The summed E-state index contributed by atoms with van der Waals surface area (Å²) in [6, 6.07) is 8.81. The third kappa shape index (κ3) is 4.93. The molecule has 0 aliphatic carbocycles. The van der Waals surface area contributed by atoms with Gasteiger partial charge in [-0.2, -0.15) is 5.10 Å². The van der Waals surface area contributed by atoms with Gasteiger partial charge in [0.05, 0.1) is 24.6 Å². The number of amides is 1. The molecule has 1 saturated heterocycles. The zero-order valence-electron chi connectivity index (χ0n) is 18.7. The number of aromatic nitrogens is 2. The molecule has 0 radical (unpaired) electrons. The van der Waals surface area contributed by atoms with Crippen molar-refractivity contribution in [2.24, 2.45) is 5.73 Å². The number of nitrogens with one attached hydrogen (secondary N) is 2. The van der Waals surface area contributed by atoms with Crippen molar-refractivity contribution in [1.82, 2.24) is 10.2 Å². The number of phenolic OH excluding ortho intramolecular Hbond substituents is 1. The number of ether oxygens (including phenoxy) is 1. The number of carbonyl (C=O) groups excluding carboxylic acids is 1. The molecule has 1 aliphatic heterocycles. The number of phenols is 1. The standard InChI is InChI=1S/C24H28FN5O3/c1-14-9-17(10-15(2)22(14)31)13-27-24-21(23(26)32)19(28-29-24)12-16-3-4-20(18(25)11-16)30-5-7-33-8-6-30/h3-4,9-11,31H,5-8,12-13H2,1-2H3,(H2,26,32)(H2,27,28,29). The summed E-state index contributed by atoms with van der Waals surface area (Å²) >= 11 is 0. The number of anilines is 2. The maximum atomic E-state index is 14.8. The van der Waals surface area contributed by atoms with E-state index in [2.05, 4.69) is 15.5 Å². The number of carbonyl (C=O) groups is 1. The van der Waals surface area contributed by atoms with Gasteiger partial charge in [0, 0.05) is 26.1 Å². The van der Waals surface area contributed by atoms with Gasteiger partial charge in [-0.05, 0) is 48.2 Å². The van der Waals surface area contributed by atoms with Crippen LogP contribution in [-0.4, -0.2) is 47.5 Å². The van der Waals surface area contributed by atoms with Gasteiger partial charge < -0.3 is 25.8 Å². The average molecular weight is 454 g/mol. The van der Waals surface area contributed by atoms with Crippen molar-refractivity contribution in [3.8, 4) is 5.75 Å². The van der Waals surface area contributed by atoms with Crippen LogP contribution >= 0.6 is 0 Å². The summed E-state index contributed by atoms with van der Waals surface area (Å²) < 4.78 is 20.1. The van der Waals surface area contributed by atoms with Gasteiger partial charge in [0.1, 0.15) is 17.1 Å². The van der Waals surface area contributed by atoms with Crippen LogP contribution in [0.15, 0.2) is 30.3 Å². The zero-order chi connectivity index (χ0) is 23.5. The first-order valence-electron chi connectivity index (χ1n) is 10.8. The van der Waals surface area contributed by atoms with Gasteiger partial charge in [0.15, 0.2) is 5.82 Å². The predicted octanol–water partition coefficient (Wildman–Crippen LogP) is 3.01. The molecule has 1 amide bonds. The Bertz CT molecular complexity index is 1150. The molecule has 0 unspecified atom stereocenters. The van der Waals surface area contributed by atoms with Gasteiger partial charge >= 0.3 is 0 Å². The Morgan fingerprint density at radius 3 is 2.55 bits per heavy atom. The minimum absolute atomic E-state index is 0.250. The number of aromatic amines is 1. The summed E-state index contributed by atoms with van der Waals surface area (Å²) in [6.07, 6.45) is 0.282. The van der Waals surface area contributed by atoms with Crippen molar-refractivity contribution in [1.29, 1.82) is 0 Å². The molecule has 0 spiro atoms. The van der Waals surface area contributed by atoms with Crippen LogP contribution in [0.3, 0.4) is 0 Å². The highest BCUT2D eigenvalue weighted by Gasteiger charge is 2.20. The van der Waals surface area contributed by atoms with E-state index in [1.807, 2.05) is 36.9 Å². The molecule has 174 valence electrons. The third-order valence-corrected chi connectivity index (χ3v) is 5.84. The van der Waals surface area contributed by atoms with Gasteiger partial charge in [-0.3, -0.25) is 9.89 Å². The first kappa shape index (κ1) is 22.6. The summed E-state index contributed by atoms with van der Waals surface area (Å²) in [5.41, 5.74) is 10.1. The van der Waals surface area contributed by atoms with Crippen molar-refractivity contribution < 1.29 is 19.0 Å². The fraction of sp³-hybridized carbons (Fsp3) is 0.333. The van der Waals surface area contributed by atoms with Crippen molar-refractivity contribution in [2.45, 2.75) is 26.8 Å². The number of rotatable bonds is 7. The van der Waals surface area contributed by atoms with Gasteiger partial charge in [-0.1, -0.05) is 18.2 Å². The highest BCUT2D eigenvalue weighted by Crippen LogP contribution is 2.26. The van der Waals surface area contributed by atoms with Crippen LogP contribution in [0, 0.1) is 19.7 Å². The summed E-state index contributed by atoms with van der Waals surface area (Å²) in [4.78, 5) is 14.1. The first-order chi connectivity index (χ1) is 15.8. The number of nitrogens with zero attached hydrogens (tertiary/aromatic N) is 2. The highest BCUT2D eigenvalue weighted by molar-refractivity contribution is 5.99. The number of morpholine rings is 1. The molecular weight excluding hydrogens is 425 g/mol. The monoisotopic (exact) mass is 453 g/mol. The lowest BCUT2D eigenvalue weighted by molar-refractivity contribution is 0.100. The molecule has 1 aromatic heterocycles. The lowest BCUT2D eigenvalue weighted by atomic mass is 10.0. The van der Waals surface area contributed by atoms with Crippen molar-refractivity contribution in [2.75, 3.05) is 36.5 Å². The van der Waals surface area contributed by atoms with E-state index in [1.165, 1.54) is 6.07 Å². The molecule has 2 aromatic carbocycles. The second-order valence-electron chi connectivity index (χ2n) is 8.28. The number of hydrogen-bond donors (Lipinski definition) is 4. The van der Waals surface area contributed by atoms with Crippen LogP contribution in [0.2, 0.25) is 0 Å². The van der Waals surface area contributed by atoms with Crippen LogP contribution in [0.1, 0.15) is 38.3 Å². The molecular formula is C24H28FN5O3. The molecule has 0 bridgehead atoms. The fourth-order valence-corrected chi connectivity index (χ4v) is 4.16. The third-order valence-electron chi connectivity index (χ3n) is 5.84. The van der Waals surface area contributed by atoms with E-state index in [9.17, 15) is 14.3 Å². The van der Waals surface area contributed by atoms with E-state index in [-0.39, 0.29) is 23.6 Å². The number of nitrogens with two attached hydrogens (primary N) is 1. The van der Waals surface area contributed by atoms with E-state index in [0.717, 1.165) is 16.7 Å². The number of H-pyrrole nitrogens is 1. The topological polar surface area (TPSA) is 117 Å². The number of aromatic hydroxyl groups is 1. The van der Waals surface area contributed by atoms with Crippen molar-refractivity contribution >= 4 is 17.4 Å². The van der Waals surface area contributed by atoms with E-state index in [0.29, 0.717) is 55.6 Å². The van der Waals surface area contributed by atoms with Crippen molar-refractivity contribution in [3.05, 3.63) is 69.7 Å². The summed E-state index contributed by atoms with van der Waals surface area (Å²) in [5.74, 6) is -0.326. The lowest BCUT2D eigenvalue weighted by Crippen LogP contribution is -2.36. The minimum atomic E-state index is -0.621. The number of halogens is 1. The molecule has 4 rings (SSSR count). The van der Waals surface area contributed by atoms with Gasteiger partial charge in [0.2, 0.25) is 0 Å². The molecule has 0 atom stereocenters. The van der Waals surface area contributed by atoms with Crippen LogP contribution in [0.25, 0.3) is 0 Å². The minimum Gasteiger partial charge on any atom is -0.507 e. The fourth-order valence-electron chi connectivity index (χ4n) is 4.16. The number of primary amides is 1. The van der Waals surface area contributed by atoms with Crippen LogP contribution in [0.5, 0.6) is 5.75 Å². The number of hydrogen-bond acceptors (Lipinski definition) is 6. The molecule has 5 N–H and O–H groups in total. The molecule has 1 aliphatic rings. The maximum Gasteiger partial charge on any atom is 0.254 e. The number of aryl methyl sites for hydroxylation is 2. The Morgan fingerprint density at radius 2 is 1.91 bits per heavy atom. The maximum absolute atomic E-state index is 14.8. The molecule has 33 heavy (non-hydrogen) atoms. The Hall–Kier alpha value is -3.59. The smallest absolute Gasteiger partial charge is 0.254 e. The SMILES string of the molecule is Cc1cc(CNc2n[nH]c(Cc3ccc(N4CCOCC4)c(F)c3)c2C(N)=O)cc(C)c1O. The normalized spacial score (nSPS) is 13.8. The molecule has 9 heteroatoms. The van der Waals surface area contributed by atoms with E-state index in [1.54, 1.807) is 6.07 Å². The van der Waals surface area contributed by atoms with Crippen LogP contribution < -0.4 is 16.0 Å². The van der Waals surface area contributed by atoms with Crippen molar-refractivity contribution in [3.63, 3.8) is 0 Å². The van der Waals surface area contributed by atoms with Crippen LogP contribution in [0.4, 0.5) is 15.9 Å². The molecule has 8 nitrogen and oxygen atoms in total. The van der Waals surface area contributed by atoms with E-state index < -0.39 is 5.91 Å². The Labute approximate surface area is 191 Å². The van der Waals surface area contributed by atoms with Crippen LogP contribution in [-0.2, 0) is 17.7 Å². The number of benzene rings is 2.